The van der Waals surface area contributed by atoms with Gasteiger partial charge in [0.15, 0.2) is 0 Å². The molecule has 104 valence electrons. The van der Waals surface area contributed by atoms with Gasteiger partial charge in [-0.1, -0.05) is 11.6 Å². The summed E-state index contributed by atoms with van der Waals surface area (Å²) in [5.74, 6) is 0.733. The van der Waals surface area contributed by atoms with Crippen molar-refractivity contribution in [1.82, 2.24) is 14.5 Å². The minimum atomic E-state index is -0.0542. The van der Waals surface area contributed by atoms with Gasteiger partial charge in [-0.25, -0.2) is 4.98 Å². The smallest absolute Gasteiger partial charge is 0.272 e. The van der Waals surface area contributed by atoms with E-state index in [0.717, 1.165) is 11.3 Å². The fourth-order valence-electron chi connectivity index (χ4n) is 2.26. The van der Waals surface area contributed by atoms with Crippen LogP contribution >= 0.6 is 11.6 Å². The summed E-state index contributed by atoms with van der Waals surface area (Å²) in [6.07, 6.45) is 3.19. The lowest BCUT2D eigenvalue weighted by Gasteiger charge is -2.19. The molecular formula is C14H14ClN3O2. The first-order chi connectivity index (χ1) is 9.65. The Morgan fingerprint density at radius 3 is 3.05 bits per heavy atom. The second-order valence-electron chi connectivity index (χ2n) is 4.72. The van der Waals surface area contributed by atoms with Gasteiger partial charge >= 0.3 is 0 Å². The van der Waals surface area contributed by atoms with Crippen LogP contribution in [0.25, 0.3) is 0 Å². The zero-order valence-corrected chi connectivity index (χ0v) is 11.8. The van der Waals surface area contributed by atoms with Crippen molar-refractivity contribution in [3.8, 4) is 5.75 Å². The zero-order valence-electron chi connectivity index (χ0n) is 11.0. The maximum absolute atomic E-state index is 12.5. The first kappa shape index (κ1) is 13.0. The van der Waals surface area contributed by atoms with Crippen LogP contribution in [0.2, 0.25) is 5.02 Å². The van der Waals surface area contributed by atoms with Crippen LogP contribution in [-0.2, 0) is 13.6 Å². The molecule has 1 aromatic heterocycles. The van der Waals surface area contributed by atoms with Gasteiger partial charge < -0.3 is 14.2 Å². The Morgan fingerprint density at radius 1 is 1.45 bits per heavy atom. The number of halogens is 1. The molecule has 0 fully saturated rings. The van der Waals surface area contributed by atoms with Crippen molar-refractivity contribution < 1.29 is 9.53 Å². The van der Waals surface area contributed by atoms with Crippen LogP contribution in [0.4, 0.5) is 0 Å². The SMILES string of the molecule is Cn1cncc1C(=O)N1CCOc2ccc(Cl)cc2C1. The minimum absolute atomic E-state index is 0.0542. The lowest BCUT2D eigenvalue weighted by atomic mass is 10.2. The first-order valence-corrected chi connectivity index (χ1v) is 6.70. The fraction of sp³-hybridized carbons (Fsp3) is 0.286. The summed E-state index contributed by atoms with van der Waals surface area (Å²) >= 11 is 6.01. The molecule has 3 rings (SSSR count). The van der Waals surface area contributed by atoms with Gasteiger partial charge in [0.05, 0.1) is 19.1 Å². The van der Waals surface area contributed by atoms with Crippen molar-refractivity contribution in [2.24, 2.45) is 7.05 Å². The van der Waals surface area contributed by atoms with Gasteiger partial charge in [0.2, 0.25) is 0 Å². The van der Waals surface area contributed by atoms with Crippen LogP contribution in [0.15, 0.2) is 30.7 Å². The zero-order chi connectivity index (χ0) is 14.1. The molecule has 0 spiro atoms. The molecule has 0 unspecified atom stereocenters. The van der Waals surface area contributed by atoms with Gasteiger partial charge in [-0.05, 0) is 18.2 Å². The Balaban J connectivity index is 1.89. The van der Waals surface area contributed by atoms with Crippen molar-refractivity contribution in [2.45, 2.75) is 6.54 Å². The largest absolute Gasteiger partial charge is 0.491 e. The second-order valence-corrected chi connectivity index (χ2v) is 5.15. The summed E-state index contributed by atoms with van der Waals surface area (Å²) in [7, 11) is 1.80. The van der Waals surface area contributed by atoms with Gasteiger partial charge in [0, 0.05) is 24.2 Å². The van der Waals surface area contributed by atoms with E-state index in [9.17, 15) is 4.79 Å². The Morgan fingerprint density at radius 2 is 2.30 bits per heavy atom. The molecule has 2 heterocycles. The molecular weight excluding hydrogens is 278 g/mol. The van der Waals surface area contributed by atoms with Crippen molar-refractivity contribution in [2.75, 3.05) is 13.2 Å². The van der Waals surface area contributed by atoms with Gasteiger partial charge in [-0.3, -0.25) is 4.79 Å². The molecule has 0 radical (unpaired) electrons. The monoisotopic (exact) mass is 291 g/mol. The molecule has 1 aliphatic rings. The Labute approximate surface area is 121 Å². The molecule has 1 aromatic carbocycles. The van der Waals surface area contributed by atoms with E-state index >= 15 is 0 Å². The van der Waals surface area contributed by atoms with Crippen molar-refractivity contribution in [1.29, 1.82) is 0 Å². The molecule has 1 amide bonds. The molecule has 1 aliphatic heterocycles. The first-order valence-electron chi connectivity index (χ1n) is 6.32. The summed E-state index contributed by atoms with van der Waals surface area (Å²) in [6, 6.07) is 5.47. The Bertz CT molecular complexity index is 654. The van der Waals surface area contributed by atoms with Crippen LogP contribution in [0.3, 0.4) is 0 Å². The fourth-order valence-corrected chi connectivity index (χ4v) is 2.46. The number of rotatable bonds is 1. The van der Waals surface area contributed by atoms with E-state index in [4.69, 9.17) is 16.3 Å². The molecule has 2 aromatic rings. The number of ether oxygens (including phenoxy) is 1. The van der Waals surface area contributed by atoms with E-state index in [1.807, 2.05) is 12.1 Å². The summed E-state index contributed by atoms with van der Waals surface area (Å²) < 4.78 is 7.37. The maximum Gasteiger partial charge on any atom is 0.272 e. The lowest BCUT2D eigenvalue weighted by molar-refractivity contribution is 0.0723. The third kappa shape index (κ3) is 2.36. The number of hydrogen-bond donors (Lipinski definition) is 0. The van der Waals surface area contributed by atoms with E-state index in [1.165, 1.54) is 0 Å². The minimum Gasteiger partial charge on any atom is -0.491 e. The molecule has 0 bridgehead atoms. The highest BCUT2D eigenvalue weighted by Gasteiger charge is 2.22. The molecule has 5 nitrogen and oxygen atoms in total. The van der Waals surface area contributed by atoms with Crippen molar-refractivity contribution >= 4 is 17.5 Å². The average molecular weight is 292 g/mol. The number of fused-ring (bicyclic) bond motifs is 1. The highest BCUT2D eigenvalue weighted by atomic mass is 35.5. The number of aromatic nitrogens is 2. The number of nitrogens with zero attached hydrogens (tertiary/aromatic N) is 3. The Kier molecular flexibility index (Phi) is 3.36. The average Bonchev–Trinajstić information content (AvgIpc) is 2.73. The number of carbonyl (C=O) groups is 1. The summed E-state index contributed by atoms with van der Waals surface area (Å²) in [5, 5.41) is 0.641. The normalized spacial score (nSPS) is 14.4. The third-order valence-electron chi connectivity index (χ3n) is 3.33. The molecule has 6 heteroatoms. The molecule has 0 N–H and O–H groups in total. The van der Waals surface area contributed by atoms with E-state index in [2.05, 4.69) is 4.98 Å². The number of amides is 1. The van der Waals surface area contributed by atoms with Crippen LogP contribution in [0.1, 0.15) is 16.1 Å². The summed E-state index contributed by atoms with van der Waals surface area (Å²) in [5.41, 5.74) is 1.49. The van der Waals surface area contributed by atoms with Crippen molar-refractivity contribution in [3.05, 3.63) is 47.0 Å². The number of imidazole rings is 1. The van der Waals surface area contributed by atoms with Crippen LogP contribution < -0.4 is 4.74 Å². The number of benzene rings is 1. The Hall–Kier alpha value is -2.01. The van der Waals surface area contributed by atoms with E-state index in [-0.39, 0.29) is 5.91 Å². The van der Waals surface area contributed by atoms with E-state index in [0.29, 0.717) is 30.4 Å². The lowest BCUT2D eigenvalue weighted by Crippen LogP contribution is -2.33. The number of carbonyl (C=O) groups excluding carboxylic acids is 1. The predicted octanol–water partition coefficient (Wildman–Crippen LogP) is 2.11. The van der Waals surface area contributed by atoms with Gasteiger partial charge in [-0.2, -0.15) is 0 Å². The van der Waals surface area contributed by atoms with Gasteiger partial charge in [-0.15, -0.1) is 0 Å². The van der Waals surface area contributed by atoms with Gasteiger partial charge in [0.25, 0.3) is 5.91 Å². The van der Waals surface area contributed by atoms with Gasteiger partial charge in [0.1, 0.15) is 18.1 Å². The van der Waals surface area contributed by atoms with Crippen LogP contribution in [0.5, 0.6) is 5.75 Å². The second kappa shape index (κ2) is 5.17. The van der Waals surface area contributed by atoms with Crippen LogP contribution in [-0.4, -0.2) is 33.5 Å². The van der Waals surface area contributed by atoms with Crippen molar-refractivity contribution in [3.63, 3.8) is 0 Å². The highest BCUT2D eigenvalue weighted by molar-refractivity contribution is 6.30. The predicted molar refractivity (Wildman–Crippen MR) is 74.9 cm³/mol. The van der Waals surface area contributed by atoms with E-state index in [1.54, 1.807) is 35.1 Å². The molecule has 0 atom stereocenters. The highest BCUT2D eigenvalue weighted by Crippen LogP contribution is 2.26. The molecule has 0 saturated carbocycles. The quantitative estimate of drug-likeness (QED) is 0.808. The number of hydrogen-bond acceptors (Lipinski definition) is 3. The number of aryl methyl sites for hydroxylation is 1. The topological polar surface area (TPSA) is 47.4 Å². The maximum atomic E-state index is 12.5. The molecule has 20 heavy (non-hydrogen) atoms. The van der Waals surface area contributed by atoms with Crippen LogP contribution in [0, 0.1) is 0 Å². The summed E-state index contributed by atoms with van der Waals surface area (Å²) in [4.78, 5) is 18.2. The third-order valence-corrected chi connectivity index (χ3v) is 3.56. The molecule has 0 aliphatic carbocycles. The molecule has 0 saturated heterocycles. The summed E-state index contributed by atoms with van der Waals surface area (Å²) in [6.45, 7) is 1.49. The van der Waals surface area contributed by atoms with E-state index < -0.39 is 0 Å². The standard InChI is InChI=1S/C14H14ClN3O2/c1-17-9-16-7-12(17)14(19)18-4-5-20-13-3-2-11(15)6-10(13)8-18/h2-3,6-7,9H,4-5,8H2,1H3.